The van der Waals surface area contributed by atoms with Crippen LogP contribution in [0.15, 0.2) is 42.9 Å². The molecule has 6 heteroatoms. The Labute approximate surface area is 133 Å². The maximum absolute atomic E-state index is 5.92. The zero-order valence-corrected chi connectivity index (χ0v) is 12.6. The summed E-state index contributed by atoms with van der Waals surface area (Å²) in [5.41, 5.74) is 1.81. The predicted octanol–water partition coefficient (Wildman–Crippen LogP) is 2.55. The van der Waals surface area contributed by atoms with Crippen molar-refractivity contribution in [1.82, 2.24) is 19.7 Å². The third-order valence-electron chi connectivity index (χ3n) is 4.79. The Morgan fingerprint density at radius 1 is 1.13 bits per heavy atom. The highest BCUT2D eigenvalue weighted by Crippen LogP contribution is 2.36. The van der Waals surface area contributed by atoms with Crippen molar-refractivity contribution in [2.24, 2.45) is 0 Å². The summed E-state index contributed by atoms with van der Waals surface area (Å²) in [5.74, 6) is 0.846. The van der Waals surface area contributed by atoms with Crippen LogP contribution in [-0.4, -0.2) is 38.0 Å². The fourth-order valence-electron chi connectivity index (χ4n) is 3.68. The van der Waals surface area contributed by atoms with Crippen LogP contribution in [0.2, 0.25) is 0 Å². The van der Waals surface area contributed by atoms with Gasteiger partial charge < -0.3 is 10.1 Å². The molecule has 3 atom stereocenters. The van der Waals surface area contributed by atoms with Gasteiger partial charge in [0.1, 0.15) is 12.1 Å². The SMILES string of the molecule is c1ccc(-n2ncc3c(N[C@@H]4C[C@H]5CC[C@@H]4O5)ncnc32)cc1. The van der Waals surface area contributed by atoms with E-state index in [0.717, 1.165) is 35.4 Å². The Bertz CT molecular complexity index is 847. The van der Waals surface area contributed by atoms with Crippen LogP contribution in [0.5, 0.6) is 0 Å². The summed E-state index contributed by atoms with van der Waals surface area (Å²) >= 11 is 0. The average molecular weight is 307 g/mol. The van der Waals surface area contributed by atoms with Crippen molar-refractivity contribution in [1.29, 1.82) is 0 Å². The number of hydrogen-bond acceptors (Lipinski definition) is 5. The van der Waals surface area contributed by atoms with Gasteiger partial charge in [-0.05, 0) is 31.4 Å². The van der Waals surface area contributed by atoms with Crippen molar-refractivity contribution in [2.45, 2.75) is 37.5 Å². The van der Waals surface area contributed by atoms with Gasteiger partial charge in [0.15, 0.2) is 5.65 Å². The van der Waals surface area contributed by atoms with E-state index in [9.17, 15) is 0 Å². The summed E-state index contributed by atoms with van der Waals surface area (Å²) in [7, 11) is 0. The highest BCUT2D eigenvalue weighted by atomic mass is 16.5. The van der Waals surface area contributed by atoms with Gasteiger partial charge in [-0.25, -0.2) is 14.6 Å². The van der Waals surface area contributed by atoms with E-state index in [1.54, 1.807) is 6.33 Å². The maximum atomic E-state index is 5.92. The van der Waals surface area contributed by atoms with Gasteiger partial charge in [0.25, 0.3) is 0 Å². The Hall–Kier alpha value is -2.47. The maximum Gasteiger partial charge on any atom is 0.168 e. The first kappa shape index (κ1) is 13.0. The Kier molecular flexibility index (Phi) is 2.84. The molecule has 0 aliphatic carbocycles. The number of fused-ring (bicyclic) bond motifs is 3. The molecule has 116 valence electrons. The molecular weight excluding hydrogens is 290 g/mol. The van der Waals surface area contributed by atoms with Crippen LogP contribution >= 0.6 is 0 Å². The summed E-state index contributed by atoms with van der Waals surface area (Å²) in [5, 5.41) is 8.99. The monoisotopic (exact) mass is 307 g/mol. The standard InChI is InChI=1S/C17H17N5O/c1-2-4-11(5-3-1)22-17-13(9-20-22)16(18-10-19-17)21-14-8-12-6-7-15(14)23-12/h1-5,9-10,12,14-15H,6-8H2,(H,18,19,21)/t12-,14-,15+/m1/s1. The molecular formula is C17H17N5O. The van der Waals surface area contributed by atoms with Crippen LogP contribution in [0, 0.1) is 0 Å². The summed E-state index contributed by atoms with van der Waals surface area (Å²) in [6, 6.07) is 10.4. The molecule has 0 radical (unpaired) electrons. The number of benzene rings is 1. The lowest BCUT2D eigenvalue weighted by molar-refractivity contribution is 0.102. The number of para-hydroxylation sites is 1. The van der Waals surface area contributed by atoms with E-state index < -0.39 is 0 Å². The molecule has 0 spiro atoms. The molecule has 1 aromatic carbocycles. The second-order valence-electron chi connectivity index (χ2n) is 6.21. The molecule has 0 amide bonds. The summed E-state index contributed by atoms with van der Waals surface area (Å²) in [6.45, 7) is 0. The minimum atomic E-state index is 0.314. The van der Waals surface area contributed by atoms with E-state index in [0.29, 0.717) is 18.2 Å². The largest absolute Gasteiger partial charge is 0.373 e. The summed E-state index contributed by atoms with van der Waals surface area (Å²) < 4.78 is 7.76. The zero-order valence-electron chi connectivity index (χ0n) is 12.6. The van der Waals surface area contributed by atoms with Crippen molar-refractivity contribution < 1.29 is 4.74 Å². The fourth-order valence-corrected chi connectivity index (χ4v) is 3.68. The van der Waals surface area contributed by atoms with Gasteiger partial charge in [-0.2, -0.15) is 5.10 Å². The van der Waals surface area contributed by atoms with E-state index in [2.05, 4.69) is 20.4 Å². The predicted molar refractivity (Wildman–Crippen MR) is 86.6 cm³/mol. The molecule has 0 saturated carbocycles. The normalized spacial score (nSPS) is 26.0. The third-order valence-corrected chi connectivity index (χ3v) is 4.79. The van der Waals surface area contributed by atoms with Gasteiger partial charge in [-0.15, -0.1) is 0 Å². The molecule has 4 heterocycles. The Balaban J connectivity index is 1.52. The average Bonchev–Trinajstić information content (AvgIpc) is 3.31. The van der Waals surface area contributed by atoms with Crippen molar-refractivity contribution >= 4 is 16.9 Å². The van der Waals surface area contributed by atoms with Crippen LogP contribution in [0.25, 0.3) is 16.7 Å². The number of anilines is 1. The molecule has 3 aromatic rings. The summed E-state index contributed by atoms with van der Waals surface area (Å²) in [6.07, 6.45) is 7.55. The van der Waals surface area contributed by atoms with Gasteiger partial charge in [-0.3, -0.25) is 0 Å². The lowest BCUT2D eigenvalue weighted by atomic mass is 9.95. The lowest BCUT2D eigenvalue weighted by Gasteiger charge is -2.20. The van der Waals surface area contributed by atoms with Crippen molar-refractivity contribution in [3.63, 3.8) is 0 Å². The van der Waals surface area contributed by atoms with Crippen LogP contribution in [0.4, 0.5) is 5.82 Å². The number of ether oxygens (including phenoxy) is 1. The smallest absolute Gasteiger partial charge is 0.168 e. The number of nitrogens with one attached hydrogen (secondary N) is 1. The van der Waals surface area contributed by atoms with Crippen molar-refractivity contribution in [3.05, 3.63) is 42.9 Å². The molecule has 2 saturated heterocycles. The second-order valence-corrected chi connectivity index (χ2v) is 6.21. The molecule has 2 bridgehead atoms. The fraction of sp³-hybridized carbons (Fsp3) is 0.353. The minimum Gasteiger partial charge on any atom is -0.373 e. The molecule has 0 unspecified atom stereocenters. The third kappa shape index (κ3) is 2.09. The Morgan fingerprint density at radius 2 is 2.04 bits per heavy atom. The van der Waals surface area contributed by atoms with Gasteiger partial charge >= 0.3 is 0 Å². The van der Waals surface area contributed by atoms with Crippen LogP contribution < -0.4 is 5.32 Å². The molecule has 2 fully saturated rings. The van der Waals surface area contributed by atoms with Crippen molar-refractivity contribution in [3.8, 4) is 5.69 Å². The van der Waals surface area contributed by atoms with E-state index >= 15 is 0 Å². The van der Waals surface area contributed by atoms with Crippen LogP contribution in [0.1, 0.15) is 19.3 Å². The molecule has 2 aliphatic rings. The topological polar surface area (TPSA) is 64.9 Å². The number of rotatable bonds is 3. The zero-order chi connectivity index (χ0) is 15.2. The van der Waals surface area contributed by atoms with Gasteiger partial charge in [0.05, 0.1) is 35.5 Å². The van der Waals surface area contributed by atoms with Crippen LogP contribution in [0.3, 0.4) is 0 Å². The highest BCUT2D eigenvalue weighted by Gasteiger charge is 2.41. The van der Waals surface area contributed by atoms with Crippen LogP contribution in [-0.2, 0) is 4.74 Å². The first-order valence-corrected chi connectivity index (χ1v) is 8.04. The molecule has 1 N–H and O–H groups in total. The number of hydrogen-bond donors (Lipinski definition) is 1. The molecule has 2 aliphatic heterocycles. The quantitative estimate of drug-likeness (QED) is 0.805. The first-order valence-electron chi connectivity index (χ1n) is 8.04. The van der Waals surface area contributed by atoms with E-state index in [1.165, 1.54) is 6.42 Å². The lowest BCUT2D eigenvalue weighted by Crippen LogP contribution is -2.30. The van der Waals surface area contributed by atoms with Crippen molar-refractivity contribution in [2.75, 3.05) is 5.32 Å². The van der Waals surface area contributed by atoms with E-state index in [4.69, 9.17) is 4.74 Å². The number of aromatic nitrogens is 4. The first-order chi connectivity index (χ1) is 11.4. The molecule has 6 nitrogen and oxygen atoms in total. The van der Waals surface area contributed by atoms with Gasteiger partial charge in [-0.1, -0.05) is 18.2 Å². The second kappa shape index (κ2) is 5.03. The van der Waals surface area contributed by atoms with Gasteiger partial charge in [0, 0.05) is 0 Å². The van der Waals surface area contributed by atoms with Gasteiger partial charge in [0.2, 0.25) is 0 Å². The van der Waals surface area contributed by atoms with E-state index in [-0.39, 0.29) is 0 Å². The molecule has 23 heavy (non-hydrogen) atoms. The number of nitrogens with zero attached hydrogens (tertiary/aromatic N) is 4. The minimum absolute atomic E-state index is 0.314. The summed E-state index contributed by atoms with van der Waals surface area (Å²) in [4.78, 5) is 8.85. The molecule has 2 aromatic heterocycles. The van der Waals surface area contributed by atoms with E-state index in [1.807, 2.05) is 41.2 Å². The molecule has 5 rings (SSSR count). The highest BCUT2D eigenvalue weighted by molar-refractivity contribution is 5.87. The Morgan fingerprint density at radius 3 is 2.83 bits per heavy atom.